The third-order valence-electron chi connectivity index (χ3n) is 3.51. The third kappa shape index (κ3) is 2.14. The fraction of sp³-hybridized carbons (Fsp3) is 0.235. The molecule has 0 saturated heterocycles. The standard InChI is InChI=1S/C17H16O2/c1-11-9-14-10-13(7-8-17(14)19-11)16-6-4-3-5-15(16)12(2)18/h3-8,10-11H,9H2,1-2H3. The average Bonchev–Trinajstić information content (AvgIpc) is 2.77. The Bertz CT molecular complexity index is 643. The number of carbonyl (C=O) groups is 1. The minimum atomic E-state index is 0.0979. The van der Waals surface area contributed by atoms with Gasteiger partial charge in [0.1, 0.15) is 11.9 Å². The van der Waals surface area contributed by atoms with Crippen molar-refractivity contribution in [1.82, 2.24) is 0 Å². The summed E-state index contributed by atoms with van der Waals surface area (Å²) in [5.41, 5.74) is 4.08. The molecule has 2 aromatic rings. The molecule has 0 bridgehead atoms. The molecule has 1 atom stereocenters. The van der Waals surface area contributed by atoms with Gasteiger partial charge in [-0.3, -0.25) is 4.79 Å². The molecule has 2 aromatic carbocycles. The van der Waals surface area contributed by atoms with E-state index in [0.29, 0.717) is 0 Å². The topological polar surface area (TPSA) is 26.3 Å². The Labute approximate surface area is 113 Å². The number of ether oxygens (including phenoxy) is 1. The average molecular weight is 252 g/mol. The Kier molecular flexibility index (Phi) is 2.86. The summed E-state index contributed by atoms with van der Waals surface area (Å²) in [6.07, 6.45) is 1.18. The zero-order valence-electron chi connectivity index (χ0n) is 11.1. The van der Waals surface area contributed by atoms with Crippen LogP contribution in [0.2, 0.25) is 0 Å². The molecule has 3 rings (SSSR count). The van der Waals surface area contributed by atoms with Gasteiger partial charge in [0.25, 0.3) is 0 Å². The van der Waals surface area contributed by atoms with E-state index in [4.69, 9.17) is 4.74 Å². The van der Waals surface area contributed by atoms with E-state index < -0.39 is 0 Å². The summed E-state index contributed by atoms with van der Waals surface area (Å²) in [6, 6.07) is 13.9. The zero-order chi connectivity index (χ0) is 13.4. The summed E-state index contributed by atoms with van der Waals surface area (Å²) in [7, 11) is 0. The Hall–Kier alpha value is -2.09. The molecular formula is C17H16O2. The second kappa shape index (κ2) is 4.54. The van der Waals surface area contributed by atoms with E-state index in [-0.39, 0.29) is 11.9 Å². The minimum Gasteiger partial charge on any atom is -0.490 e. The van der Waals surface area contributed by atoms with Crippen LogP contribution in [0.3, 0.4) is 0 Å². The normalized spacial score (nSPS) is 16.8. The van der Waals surface area contributed by atoms with Gasteiger partial charge in [-0.15, -0.1) is 0 Å². The lowest BCUT2D eigenvalue weighted by atomic mass is 9.95. The van der Waals surface area contributed by atoms with Gasteiger partial charge in [-0.2, -0.15) is 0 Å². The summed E-state index contributed by atoms with van der Waals surface area (Å²) in [6.45, 7) is 3.68. The SMILES string of the molecule is CC(=O)c1ccccc1-c1ccc2c(c1)CC(C)O2. The van der Waals surface area contributed by atoms with Crippen LogP contribution in [0.4, 0.5) is 0 Å². The largest absolute Gasteiger partial charge is 0.490 e. The smallest absolute Gasteiger partial charge is 0.160 e. The Morgan fingerprint density at radius 3 is 2.79 bits per heavy atom. The van der Waals surface area contributed by atoms with Crippen molar-refractivity contribution >= 4 is 5.78 Å². The van der Waals surface area contributed by atoms with Gasteiger partial charge in [0.2, 0.25) is 0 Å². The molecule has 1 aliphatic heterocycles. The molecule has 0 radical (unpaired) electrons. The Balaban J connectivity index is 2.09. The molecule has 0 aromatic heterocycles. The molecule has 96 valence electrons. The number of Topliss-reactive ketones (excluding diaryl/α,β-unsaturated/α-hetero) is 1. The van der Waals surface area contributed by atoms with Crippen LogP contribution in [0, 0.1) is 0 Å². The second-order valence-electron chi connectivity index (χ2n) is 5.06. The van der Waals surface area contributed by atoms with Crippen molar-refractivity contribution < 1.29 is 9.53 Å². The van der Waals surface area contributed by atoms with E-state index in [1.165, 1.54) is 5.56 Å². The van der Waals surface area contributed by atoms with Crippen molar-refractivity contribution in [3.63, 3.8) is 0 Å². The lowest BCUT2D eigenvalue weighted by Crippen LogP contribution is -2.05. The van der Waals surface area contributed by atoms with Crippen molar-refractivity contribution in [2.75, 3.05) is 0 Å². The monoisotopic (exact) mass is 252 g/mol. The Morgan fingerprint density at radius 1 is 1.21 bits per heavy atom. The van der Waals surface area contributed by atoms with E-state index >= 15 is 0 Å². The van der Waals surface area contributed by atoms with Gasteiger partial charge in [-0.25, -0.2) is 0 Å². The zero-order valence-corrected chi connectivity index (χ0v) is 11.1. The number of benzene rings is 2. The number of hydrogen-bond donors (Lipinski definition) is 0. The van der Waals surface area contributed by atoms with Crippen LogP contribution in [0.15, 0.2) is 42.5 Å². The van der Waals surface area contributed by atoms with Gasteiger partial charge in [-0.1, -0.05) is 30.3 Å². The highest BCUT2D eigenvalue weighted by atomic mass is 16.5. The number of rotatable bonds is 2. The first-order valence-electron chi connectivity index (χ1n) is 6.55. The maximum Gasteiger partial charge on any atom is 0.160 e. The number of fused-ring (bicyclic) bond motifs is 1. The predicted molar refractivity (Wildman–Crippen MR) is 75.7 cm³/mol. The first kappa shape index (κ1) is 12.0. The maximum atomic E-state index is 11.7. The quantitative estimate of drug-likeness (QED) is 0.758. The van der Waals surface area contributed by atoms with Crippen LogP contribution in [-0.4, -0.2) is 11.9 Å². The number of ketones is 1. The van der Waals surface area contributed by atoms with E-state index in [9.17, 15) is 4.79 Å². The van der Waals surface area contributed by atoms with Crippen molar-refractivity contribution in [2.45, 2.75) is 26.4 Å². The van der Waals surface area contributed by atoms with Crippen LogP contribution in [0.5, 0.6) is 5.75 Å². The fourth-order valence-electron chi connectivity index (χ4n) is 2.63. The van der Waals surface area contributed by atoms with Crippen LogP contribution in [0.1, 0.15) is 29.8 Å². The highest BCUT2D eigenvalue weighted by molar-refractivity contribution is 6.00. The van der Waals surface area contributed by atoms with Crippen molar-refractivity contribution in [3.05, 3.63) is 53.6 Å². The molecule has 0 N–H and O–H groups in total. The second-order valence-corrected chi connectivity index (χ2v) is 5.06. The Morgan fingerprint density at radius 2 is 2.00 bits per heavy atom. The highest BCUT2D eigenvalue weighted by Crippen LogP contribution is 2.34. The first-order chi connectivity index (χ1) is 9.15. The van der Waals surface area contributed by atoms with E-state index in [1.54, 1.807) is 6.92 Å². The van der Waals surface area contributed by atoms with Crippen molar-refractivity contribution in [2.24, 2.45) is 0 Å². The molecular weight excluding hydrogens is 236 g/mol. The molecule has 0 amide bonds. The molecule has 1 unspecified atom stereocenters. The van der Waals surface area contributed by atoms with Gasteiger partial charge in [0.05, 0.1) is 0 Å². The van der Waals surface area contributed by atoms with Crippen molar-refractivity contribution in [3.8, 4) is 16.9 Å². The van der Waals surface area contributed by atoms with Gasteiger partial charge >= 0.3 is 0 Å². The van der Waals surface area contributed by atoms with Gasteiger partial charge in [0, 0.05) is 12.0 Å². The predicted octanol–water partition coefficient (Wildman–Crippen LogP) is 3.88. The fourth-order valence-corrected chi connectivity index (χ4v) is 2.63. The molecule has 0 aliphatic carbocycles. The summed E-state index contributed by atoms with van der Waals surface area (Å²) < 4.78 is 5.71. The highest BCUT2D eigenvalue weighted by Gasteiger charge is 2.19. The molecule has 1 heterocycles. The summed E-state index contributed by atoms with van der Waals surface area (Å²) in [4.78, 5) is 11.7. The number of hydrogen-bond acceptors (Lipinski definition) is 2. The van der Waals surface area contributed by atoms with E-state index in [1.807, 2.05) is 36.4 Å². The molecule has 0 spiro atoms. The van der Waals surface area contributed by atoms with Crippen LogP contribution >= 0.6 is 0 Å². The lowest BCUT2D eigenvalue weighted by molar-refractivity contribution is 0.101. The van der Waals surface area contributed by atoms with Gasteiger partial charge < -0.3 is 4.74 Å². The summed E-state index contributed by atoms with van der Waals surface area (Å²) in [5, 5.41) is 0. The van der Waals surface area contributed by atoms with Gasteiger partial charge in [-0.05, 0) is 42.7 Å². The van der Waals surface area contributed by atoms with Crippen LogP contribution in [0.25, 0.3) is 11.1 Å². The van der Waals surface area contributed by atoms with E-state index in [0.717, 1.165) is 28.9 Å². The first-order valence-corrected chi connectivity index (χ1v) is 6.55. The van der Waals surface area contributed by atoms with Crippen molar-refractivity contribution in [1.29, 1.82) is 0 Å². The molecule has 1 aliphatic rings. The summed E-state index contributed by atoms with van der Waals surface area (Å²) in [5.74, 6) is 1.07. The van der Waals surface area contributed by atoms with Gasteiger partial charge in [0.15, 0.2) is 5.78 Å². The maximum absolute atomic E-state index is 11.7. The number of carbonyl (C=O) groups excluding carboxylic acids is 1. The molecule has 0 saturated carbocycles. The van der Waals surface area contributed by atoms with Crippen LogP contribution < -0.4 is 4.74 Å². The summed E-state index contributed by atoms with van der Waals surface area (Å²) >= 11 is 0. The molecule has 2 nitrogen and oxygen atoms in total. The molecule has 0 fully saturated rings. The third-order valence-corrected chi connectivity index (χ3v) is 3.51. The molecule has 19 heavy (non-hydrogen) atoms. The van der Waals surface area contributed by atoms with Crippen LogP contribution in [-0.2, 0) is 6.42 Å². The van der Waals surface area contributed by atoms with E-state index in [2.05, 4.69) is 13.0 Å². The molecule has 2 heteroatoms. The minimum absolute atomic E-state index is 0.0979. The lowest BCUT2D eigenvalue weighted by Gasteiger charge is -2.08.